The Labute approximate surface area is 304 Å². The minimum absolute atomic E-state index is 1.04. The topological polar surface area (TPSA) is 30.7 Å². The van der Waals surface area contributed by atoms with Gasteiger partial charge < -0.3 is 4.57 Å². The van der Waals surface area contributed by atoms with Crippen molar-refractivity contribution < 1.29 is 0 Å². The summed E-state index contributed by atoms with van der Waals surface area (Å²) >= 11 is 3.53. The lowest BCUT2D eigenvalue weighted by atomic mass is 10.0. The second kappa shape index (κ2) is 11.5. The molecule has 244 valence electrons. The first-order chi connectivity index (χ1) is 24.9. The summed E-state index contributed by atoms with van der Waals surface area (Å²) in [5.74, 6) is 0. The molecule has 0 atom stereocenters. The third-order valence-corrected chi connectivity index (χ3v) is 12.6. The van der Waals surface area contributed by atoms with E-state index in [0.717, 1.165) is 37.9 Å². The molecule has 0 N–H and O–H groups in total. The van der Waals surface area contributed by atoms with Crippen LogP contribution in [-0.4, -0.2) is 14.5 Å². The van der Waals surface area contributed by atoms with Crippen LogP contribution in [0.5, 0.6) is 0 Å². The highest BCUT2D eigenvalue weighted by Crippen LogP contribution is 2.40. The number of rotatable bonds is 4. The maximum atomic E-state index is 5.10. The molecule has 0 aliphatic rings. The molecule has 0 saturated carbocycles. The highest BCUT2D eigenvalue weighted by atomic mass is 32.1. The van der Waals surface area contributed by atoms with Crippen LogP contribution >= 0.6 is 22.7 Å². The first kappa shape index (κ1) is 30.2. The van der Waals surface area contributed by atoms with Gasteiger partial charge in [-0.3, -0.25) is 0 Å². The summed E-state index contributed by atoms with van der Waals surface area (Å²) in [6.45, 7) is 8.67. The fourth-order valence-electron chi connectivity index (χ4n) is 7.34. The second-order valence-corrected chi connectivity index (χ2v) is 15.8. The highest BCUT2D eigenvalue weighted by Gasteiger charge is 2.18. The molecule has 51 heavy (non-hydrogen) atoms. The van der Waals surface area contributed by atoms with Crippen LogP contribution in [0.3, 0.4) is 0 Å². The summed E-state index contributed by atoms with van der Waals surface area (Å²) < 4.78 is 4.87. The van der Waals surface area contributed by atoms with E-state index >= 15 is 0 Å². The van der Waals surface area contributed by atoms with Gasteiger partial charge in [0.1, 0.15) is 10.0 Å². The standard InChI is InChI=1S/C46H33N3S2/c1-26-19-39-43(21-28(26)3)50-45(47-39)34-13-17-37-38-18-14-35(46-48-40-20-27(2)29(4)22-44(40)51-46)25-42(38)49(41(37)24-34)36-15-11-31(12-16-36)33-10-9-30-7-5-6-8-32(30)23-33/h5-25H,1-4H3. The average molecular weight is 692 g/mol. The molecule has 0 saturated heterocycles. The molecule has 3 nitrogen and oxygen atoms in total. The number of thiazole rings is 2. The Kier molecular flexibility index (Phi) is 6.79. The summed E-state index contributed by atoms with van der Waals surface area (Å²) in [4.78, 5) is 10.2. The van der Waals surface area contributed by atoms with Crippen LogP contribution in [0.1, 0.15) is 22.3 Å². The fourth-order valence-corrected chi connectivity index (χ4v) is 9.43. The van der Waals surface area contributed by atoms with Crippen molar-refractivity contribution in [2.45, 2.75) is 27.7 Å². The van der Waals surface area contributed by atoms with Crippen LogP contribution in [0.4, 0.5) is 0 Å². The van der Waals surface area contributed by atoms with E-state index in [2.05, 4.69) is 160 Å². The number of hydrogen-bond acceptors (Lipinski definition) is 4. The Morgan fingerprint density at radius 3 is 1.49 bits per heavy atom. The predicted molar refractivity (Wildman–Crippen MR) is 220 cm³/mol. The molecule has 0 bridgehead atoms. The van der Waals surface area contributed by atoms with Gasteiger partial charge in [0.2, 0.25) is 0 Å². The van der Waals surface area contributed by atoms with Gasteiger partial charge in [-0.2, -0.15) is 0 Å². The Morgan fingerprint density at radius 2 is 0.922 bits per heavy atom. The number of hydrogen-bond donors (Lipinski definition) is 0. The van der Waals surface area contributed by atoms with E-state index < -0.39 is 0 Å². The van der Waals surface area contributed by atoms with Crippen molar-refractivity contribution in [2.24, 2.45) is 0 Å². The van der Waals surface area contributed by atoms with Gasteiger partial charge in [0.25, 0.3) is 0 Å². The largest absolute Gasteiger partial charge is 0.309 e. The molecule has 0 aliphatic heterocycles. The van der Waals surface area contributed by atoms with E-state index in [1.54, 1.807) is 22.7 Å². The van der Waals surface area contributed by atoms with Crippen molar-refractivity contribution in [3.05, 3.63) is 150 Å². The summed E-state index contributed by atoms with van der Waals surface area (Å²) in [6, 6.07) is 46.9. The van der Waals surface area contributed by atoms with Crippen LogP contribution in [0, 0.1) is 27.7 Å². The molecule has 0 aliphatic carbocycles. The zero-order valence-electron chi connectivity index (χ0n) is 28.8. The monoisotopic (exact) mass is 691 g/mol. The van der Waals surface area contributed by atoms with Crippen molar-refractivity contribution in [1.29, 1.82) is 0 Å². The van der Waals surface area contributed by atoms with Crippen LogP contribution in [0.15, 0.2) is 127 Å². The van der Waals surface area contributed by atoms with E-state index in [9.17, 15) is 0 Å². The van der Waals surface area contributed by atoms with Crippen LogP contribution in [0.2, 0.25) is 0 Å². The Balaban J connectivity index is 1.16. The summed E-state index contributed by atoms with van der Waals surface area (Å²) in [5.41, 5.74) is 15.4. The van der Waals surface area contributed by atoms with Gasteiger partial charge in [-0.15, -0.1) is 22.7 Å². The van der Waals surface area contributed by atoms with E-state index in [1.807, 2.05) is 0 Å². The third kappa shape index (κ3) is 4.99. The van der Waals surface area contributed by atoms with Crippen molar-refractivity contribution in [3.63, 3.8) is 0 Å². The highest BCUT2D eigenvalue weighted by molar-refractivity contribution is 7.22. The molecule has 0 amide bonds. The first-order valence-electron chi connectivity index (χ1n) is 17.3. The lowest BCUT2D eigenvalue weighted by Crippen LogP contribution is -1.94. The van der Waals surface area contributed by atoms with Crippen molar-refractivity contribution in [1.82, 2.24) is 14.5 Å². The van der Waals surface area contributed by atoms with Gasteiger partial charge in [0.15, 0.2) is 0 Å². The van der Waals surface area contributed by atoms with Crippen molar-refractivity contribution in [2.75, 3.05) is 0 Å². The Morgan fingerprint density at radius 1 is 0.431 bits per heavy atom. The summed E-state index contributed by atoms with van der Waals surface area (Å²) in [7, 11) is 0. The normalized spacial score (nSPS) is 11.9. The minimum Gasteiger partial charge on any atom is -0.309 e. The van der Waals surface area contributed by atoms with Gasteiger partial charge in [0.05, 0.1) is 31.5 Å². The number of aromatic nitrogens is 3. The summed E-state index contributed by atoms with van der Waals surface area (Å²) in [5, 5.41) is 7.04. The van der Waals surface area contributed by atoms with Gasteiger partial charge >= 0.3 is 0 Å². The Hall–Kier alpha value is -5.62. The molecule has 10 aromatic rings. The van der Waals surface area contributed by atoms with Gasteiger partial charge in [-0.25, -0.2) is 9.97 Å². The van der Waals surface area contributed by atoms with Crippen LogP contribution in [0.25, 0.3) is 91.0 Å². The predicted octanol–water partition coefficient (Wildman–Crippen LogP) is 13.4. The summed E-state index contributed by atoms with van der Waals surface area (Å²) in [6.07, 6.45) is 0. The second-order valence-electron chi connectivity index (χ2n) is 13.8. The fraction of sp³-hybridized carbons (Fsp3) is 0.0870. The first-order valence-corrected chi connectivity index (χ1v) is 18.9. The zero-order valence-corrected chi connectivity index (χ0v) is 30.4. The lowest BCUT2D eigenvalue weighted by Gasteiger charge is -2.11. The molecule has 0 spiro atoms. The van der Waals surface area contributed by atoms with Gasteiger partial charge in [0, 0.05) is 27.6 Å². The lowest BCUT2D eigenvalue weighted by molar-refractivity contribution is 1.18. The van der Waals surface area contributed by atoms with E-state index in [4.69, 9.17) is 9.97 Å². The number of aryl methyl sites for hydroxylation is 4. The molecule has 3 aromatic heterocycles. The molecular weight excluding hydrogens is 659 g/mol. The molecule has 0 unspecified atom stereocenters. The van der Waals surface area contributed by atoms with Gasteiger partial charge in [-0.05, 0) is 126 Å². The maximum absolute atomic E-state index is 5.10. The molecular formula is C46H33N3S2. The SMILES string of the molecule is Cc1cc2nc(-c3ccc4c5ccc(-c6nc7cc(C)c(C)cc7s6)cc5n(-c5ccc(-c6ccc7ccccc7c6)cc5)c4c3)sc2cc1C. The van der Waals surface area contributed by atoms with E-state index in [1.165, 1.54) is 75.4 Å². The van der Waals surface area contributed by atoms with E-state index in [-0.39, 0.29) is 0 Å². The van der Waals surface area contributed by atoms with Crippen molar-refractivity contribution >= 4 is 75.7 Å². The maximum Gasteiger partial charge on any atom is 0.124 e. The molecule has 7 aromatic carbocycles. The molecule has 0 radical (unpaired) electrons. The molecule has 10 rings (SSSR count). The van der Waals surface area contributed by atoms with Crippen molar-refractivity contribution in [3.8, 4) is 38.0 Å². The zero-order chi connectivity index (χ0) is 34.4. The number of fused-ring (bicyclic) bond motifs is 6. The van der Waals surface area contributed by atoms with Gasteiger partial charge in [-0.1, -0.05) is 72.8 Å². The van der Waals surface area contributed by atoms with E-state index in [0.29, 0.717) is 0 Å². The van der Waals surface area contributed by atoms with Crippen LogP contribution < -0.4 is 0 Å². The minimum atomic E-state index is 1.04. The smallest absolute Gasteiger partial charge is 0.124 e. The number of nitrogens with zero attached hydrogens (tertiary/aromatic N) is 3. The molecule has 5 heteroatoms. The Bertz CT molecular complexity index is 2790. The molecule has 3 heterocycles. The quantitative estimate of drug-likeness (QED) is 0.184. The number of benzene rings is 7. The average Bonchev–Trinajstić information content (AvgIpc) is 3.84. The molecule has 0 fully saturated rings. The van der Waals surface area contributed by atoms with Crippen LogP contribution in [-0.2, 0) is 0 Å². The third-order valence-electron chi connectivity index (χ3n) is 10.5.